The minimum absolute atomic E-state index is 0.470. The van der Waals surface area contributed by atoms with Gasteiger partial charge >= 0.3 is 6.01 Å². The zero-order valence-electron chi connectivity index (χ0n) is 8.36. The van der Waals surface area contributed by atoms with E-state index in [2.05, 4.69) is 9.97 Å². The number of nitrogens with two attached hydrogens (primary N) is 1. The van der Waals surface area contributed by atoms with Crippen LogP contribution in [0.3, 0.4) is 0 Å². The standard InChI is InChI=1S/C10H15N3O/c1-14-10-12-8(4-5-11)6-9(13-10)7-2-3-7/h6-7H,2-5,11H2,1H3. The lowest BCUT2D eigenvalue weighted by atomic mass is 10.2. The first-order chi connectivity index (χ1) is 6.83. The van der Waals surface area contributed by atoms with Gasteiger partial charge in [-0.1, -0.05) is 0 Å². The molecular formula is C10H15N3O. The highest BCUT2D eigenvalue weighted by molar-refractivity contribution is 5.21. The summed E-state index contributed by atoms with van der Waals surface area (Å²) in [5, 5.41) is 0. The van der Waals surface area contributed by atoms with Gasteiger partial charge in [0.1, 0.15) is 0 Å². The molecule has 0 aliphatic heterocycles. The molecule has 0 atom stereocenters. The van der Waals surface area contributed by atoms with Gasteiger partial charge in [-0.25, -0.2) is 4.98 Å². The van der Waals surface area contributed by atoms with Crippen LogP contribution in [0.25, 0.3) is 0 Å². The minimum Gasteiger partial charge on any atom is -0.467 e. The molecule has 1 heterocycles. The Balaban J connectivity index is 2.26. The van der Waals surface area contributed by atoms with Gasteiger partial charge < -0.3 is 10.5 Å². The Morgan fingerprint density at radius 2 is 2.29 bits per heavy atom. The molecule has 1 saturated carbocycles. The third-order valence-electron chi connectivity index (χ3n) is 2.36. The van der Waals surface area contributed by atoms with Crippen LogP contribution >= 0.6 is 0 Å². The van der Waals surface area contributed by atoms with E-state index in [0.29, 0.717) is 18.5 Å². The first-order valence-electron chi connectivity index (χ1n) is 4.95. The smallest absolute Gasteiger partial charge is 0.316 e. The fourth-order valence-electron chi connectivity index (χ4n) is 1.45. The summed E-state index contributed by atoms with van der Waals surface area (Å²) in [6, 6.07) is 2.52. The molecule has 0 spiro atoms. The zero-order valence-corrected chi connectivity index (χ0v) is 8.36. The summed E-state index contributed by atoms with van der Waals surface area (Å²) < 4.78 is 5.06. The Morgan fingerprint density at radius 1 is 1.50 bits per heavy atom. The second-order valence-electron chi connectivity index (χ2n) is 3.58. The van der Waals surface area contributed by atoms with E-state index in [4.69, 9.17) is 10.5 Å². The Kier molecular flexibility index (Phi) is 2.63. The molecular weight excluding hydrogens is 178 g/mol. The number of methoxy groups -OCH3 is 1. The molecule has 1 aromatic rings. The van der Waals surface area contributed by atoms with E-state index in [1.54, 1.807) is 7.11 Å². The van der Waals surface area contributed by atoms with Crippen LogP contribution in [0.5, 0.6) is 6.01 Å². The normalized spacial score (nSPS) is 15.6. The van der Waals surface area contributed by atoms with Crippen LogP contribution in [0.4, 0.5) is 0 Å². The maximum atomic E-state index is 5.49. The predicted octanol–water partition coefficient (Wildman–Crippen LogP) is 0.864. The summed E-state index contributed by atoms with van der Waals surface area (Å²) in [5.41, 5.74) is 7.59. The predicted molar refractivity (Wildman–Crippen MR) is 53.3 cm³/mol. The highest BCUT2D eigenvalue weighted by Gasteiger charge is 2.26. The maximum absolute atomic E-state index is 5.49. The second-order valence-corrected chi connectivity index (χ2v) is 3.58. The molecule has 2 rings (SSSR count). The van der Waals surface area contributed by atoms with E-state index in [0.717, 1.165) is 17.8 Å². The molecule has 14 heavy (non-hydrogen) atoms. The van der Waals surface area contributed by atoms with E-state index in [-0.39, 0.29) is 0 Å². The molecule has 1 aliphatic rings. The lowest BCUT2D eigenvalue weighted by Gasteiger charge is -2.05. The van der Waals surface area contributed by atoms with Crippen LogP contribution < -0.4 is 10.5 Å². The highest BCUT2D eigenvalue weighted by Crippen LogP contribution is 2.39. The summed E-state index contributed by atoms with van der Waals surface area (Å²) in [4.78, 5) is 8.56. The first-order valence-corrected chi connectivity index (χ1v) is 4.95. The van der Waals surface area contributed by atoms with Crippen LogP contribution in [0, 0.1) is 0 Å². The number of aromatic nitrogens is 2. The lowest BCUT2D eigenvalue weighted by Crippen LogP contribution is -2.07. The van der Waals surface area contributed by atoms with Crippen molar-refractivity contribution in [3.63, 3.8) is 0 Å². The Hall–Kier alpha value is -1.16. The molecule has 2 N–H and O–H groups in total. The van der Waals surface area contributed by atoms with Crippen molar-refractivity contribution in [3.8, 4) is 6.01 Å². The number of nitrogens with zero attached hydrogens (tertiary/aromatic N) is 2. The van der Waals surface area contributed by atoms with Gasteiger partial charge in [0.25, 0.3) is 0 Å². The topological polar surface area (TPSA) is 61.0 Å². The van der Waals surface area contributed by atoms with Gasteiger partial charge in [-0.2, -0.15) is 4.98 Å². The highest BCUT2D eigenvalue weighted by atomic mass is 16.5. The Labute approximate surface area is 83.5 Å². The average Bonchev–Trinajstić information content (AvgIpc) is 3.01. The molecule has 0 aromatic carbocycles. The van der Waals surface area contributed by atoms with E-state index in [9.17, 15) is 0 Å². The molecule has 1 aromatic heterocycles. The molecule has 4 nitrogen and oxygen atoms in total. The van der Waals surface area contributed by atoms with Crippen molar-refractivity contribution in [2.24, 2.45) is 5.73 Å². The van der Waals surface area contributed by atoms with Crippen LogP contribution in [-0.4, -0.2) is 23.6 Å². The molecule has 0 amide bonds. The van der Waals surface area contributed by atoms with Crippen LogP contribution in [0.2, 0.25) is 0 Å². The molecule has 0 unspecified atom stereocenters. The number of rotatable bonds is 4. The third kappa shape index (κ3) is 2.01. The van der Waals surface area contributed by atoms with Crippen molar-refractivity contribution in [1.82, 2.24) is 9.97 Å². The first kappa shape index (κ1) is 9.40. The number of hydrogen-bond acceptors (Lipinski definition) is 4. The van der Waals surface area contributed by atoms with E-state index >= 15 is 0 Å². The summed E-state index contributed by atoms with van der Waals surface area (Å²) in [7, 11) is 1.60. The summed E-state index contributed by atoms with van der Waals surface area (Å²) in [6.07, 6.45) is 3.27. The van der Waals surface area contributed by atoms with E-state index < -0.39 is 0 Å². The van der Waals surface area contributed by atoms with Gasteiger partial charge in [-0.05, 0) is 25.5 Å². The molecule has 0 radical (unpaired) electrons. The molecule has 1 fully saturated rings. The van der Waals surface area contributed by atoms with Gasteiger partial charge in [0.2, 0.25) is 0 Å². The van der Waals surface area contributed by atoms with Crippen molar-refractivity contribution in [1.29, 1.82) is 0 Å². The summed E-state index contributed by atoms with van der Waals surface area (Å²) in [5.74, 6) is 0.628. The minimum atomic E-state index is 0.470. The zero-order chi connectivity index (χ0) is 9.97. The number of hydrogen-bond donors (Lipinski definition) is 1. The summed E-state index contributed by atoms with van der Waals surface area (Å²) >= 11 is 0. The average molecular weight is 193 g/mol. The van der Waals surface area contributed by atoms with Crippen molar-refractivity contribution >= 4 is 0 Å². The third-order valence-corrected chi connectivity index (χ3v) is 2.36. The maximum Gasteiger partial charge on any atom is 0.316 e. The Bertz CT molecular complexity index is 323. The fourth-order valence-corrected chi connectivity index (χ4v) is 1.45. The van der Waals surface area contributed by atoms with Crippen LogP contribution in [-0.2, 0) is 6.42 Å². The Morgan fingerprint density at radius 3 is 2.86 bits per heavy atom. The van der Waals surface area contributed by atoms with E-state index in [1.165, 1.54) is 12.8 Å². The van der Waals surface area contributed by atoms with Crippen molar-refractivity contribution in [3.05, 3.63) is 17.5 Å². The number of ether oxygens (including phenoxy) is 1. The van der Waals surface area contributed by atoms with Crippen LogP contribution in [0.15, 0.2) is 6.07 Å². The van der Waals surface area contributed by atoms with Gasteiger partial charge in [0, 0.05) is 18.0 Å². The van der Waals surface area contributed by atoms with Gasteiger partial charge in [0.15, 0.2) is 0 Å². The fraction of sp³-hybridized carbons (Fsp3) is 0.600. The molecule has 1 aliphatic carbocycles. The van der Waals surface area contributed by atoms with Crippen molar-refractivity contribution in [2.75, 3.05) is 13.7 Å². The lowest BCUT2D eigenvalue weighted by molar-refractivity contribution is 0.376. The van der Waals surface area contributed by atoms with Crippen LogP contribution in [0.1, 0.15) is 30.1 Å². The molecule has 0 bridgehead atoms. The van der Waals surface area contributed by atoms with Crippen molar-refractivity contribution in [2.45, 2.75) is 25.2 Å². The van der Waals surface area contributed by atoms with Gasteiger partial charge in [0.05, 0.1) is 12.8 Å². The largest absolute Gasteiger partial charge is 0.467 e. The molecule has 76 valence electrons. The van der Waals surface area contributed by atoms with Crippen molar-refractivity contribution < 1.29 is 4.74 Å². The van der Waals surface area contributed by atoms with Gasteiger partial charge in [-0.15, -0.1) is 0 Å². The molecule has 4 heteroatoms. The SMILES string of the molecule is COc1nc(CCN)cc(C2CC2)n1. The second kappa shape index (κ2) is 3.92. The summed E-state index contributed by atoms with van der Waals surface area (Å²) in [6.45, 7) is 0.615. The van der Waals surface area contributed by atoms with Gasteiger partial charge in [-0.3, -0.25) is 0 Å². The monoisotopic (exact) mass is 193 g/mol. The van der Waals surface area contributed by atoms with E-state index in [1.807, 2.05) is 6.07 Å². The quantitative estimate of drug-likeness (QED) is 0.770. The molecule has 0 saturated heterocycles.